The molecule has 0 saturated carbocycles. The topological polar surface area (TPSA) is 12.0 Å². The lowest BCUT2D eigenvalue weighted by Gasteiger charge is -2.07. The van der Waals surface area contributed by atoms with Crippen molar-refractivity contribution >= 4 is 0 Å². The molecule has 0 aliphatic heterocycles. The van der Waals surface area contributed by atoms with Gasteiger partial charge in [-0.1, -0.05) is 64.7 Å². The van der Waals surface area contributed by atoms with Gasteiger partial charge in [0.05, 0.1) is 6.42 Å². The molecule has 0 bridgehead atoms. The summed E-state index contributed by atoms with van der Waals surface area (Å²) in [4.78, 5) is 0. The highest BCUT2D eigenvalue weighted by Gasteiger charge is 2.25. The van der Waals surface area contributed by atoms with E-state index >= 15 is 0 Å². The third kappa shape index (κ3) is 17.8. The van der Waals surface area contributed by atoms with E-state index in [1.807, 2.05) is 0 Å². The predicted octanol–water partition coefficient (Wildman–Crippen LogP) is 5.45. The van der Waals surface area contributed by atoms with Crippen LogP contribution in [-0.4, -0.2) is 19.3 Å². The Hall–Kier alpha value is -0.250. The van der Waals surface area contributed by atoms with E-state index in [0.717, 1.165) is 12.8 Å². The van der Waals surface area contributed by atoms with Crippen LogP contribution in [0.2, 0.25) is 0 Å². The van der Waals surface area contributed by atoms with Gasteiger partial charge in [-0.2, -0.15) is 13.2 Å². The summed E-state index contributed by atoms with van der Waals surface area (Å²) >= 11 is 0. The molecule has 116 valence electrons. The molecule has 0 spiro atoms. The molecule has 0 aliphatic rings. The summed E-state index contributed by atoms with van der Waals surface area (Å²) in [5.41, 5.74) is 0. The van der Waals surface area contributed by atoms with Crippen LogP contribution in [0.25, 0.3) is 0 Å². The van der Waals surface area contributed by atoms with Gasteiger partial charge in [0, 0.05) is 6.54 Å². The Labute approximate surface area is 116 Å². The Balaban J connectivity index is 2.99. The van der Waals surface area contributed by atoms with Gasteiger partial charge in [-0.05, 0) is 13.0 Å². The Morgan fingerprint density at radius 1 is 0.684 bits per heavy atom. The van der Waals surface area contributed by atoms with E-state index in [1.165, 1.54) is 51.4 Å². The summed E-state index contributed by atoms with van der Waals surface area (Å²) < 4.78 is 35.5. The zero-order chi connectivity index (χ0) is 14.4. The largest absolute Gasteiger partial charge is 0.390 e. The summed E-state index contributed by atoms with van der Waals surface area (Å²) in [6.45, 7) is 3.00. The van der Waals surface area contributed by atoms with Crippen LogP contribution in [0.4, 0.5) is 13.2 Å². The van der Waals surface area contributed by atoms with E-state index in [0.29, 0.717) is 6.54 Å². The molecule has 0 aromatic rings. The molecule has 0 aliphatic carbocycles. The molecule has 19 heavy (non-hydrogen) atoms. The molecule has 1 N–H and O–H groups in total. The zero-order valence-corrected chi connectivity index (χ0v) is 12.3. The highest BCUT2D eigenvalue weighted by atomic mass is 19.4. The van der Waals surface area contributed by atoms with Crippen molar-refractivity contribution < 1.29 is 13.2 Å². The number of alkyl halides is 3. The summed E-state index contributed by atoms with van der Waals surface area (Å²) in [6.07, 6.45) is 7.88. The monoisotopic (exact) mass is 281 g/mol. The van der Waals surface area contributed by atoms with Crippen molar-refractivity contribution in [3.05, 3.63) is 0 Å². The fraction of sp³-hybridized carbons (Fsp3) is 1.00. The third-order valence-corrected chi connectivity index (χ3v) is 3.29. The third-order valence-electron chi connectivity index (χ3n) is 3.29. The first-order valence-electron chi connectivity index (χ1n) is 7.83. The van der Waals surface area contributed by atoms with E-state index in [-0.39, 0.29) is 6.54 Å². The molecule has 0 aromatic heterocycles. The lowest BCUT2D eigenvalue weighted by atomic mass is 10.1. The SMILES string of the molecule is CCCCCCCCCCCCNCCC(F)(F)F. The Kier molecular flexibility index (Phi) is 12.6. The van der Waals surface area contributed by atoms with Gasteiger partial charge >= 0.3 is 6.18 Å². The van der Waals surface area contributed by atoms with Crippen molar-refractivity contribution in [3.8, 4) is 0 Å². The van der Waals surface area contributed by atoms with E-state index in [1.54, 1.807) is 0 Å². The van der Waals surface area contributed by atoms with E-state index in [4.69, 9.17) is 0 Å². The number of halogens is 3. The minimum atomic E-state index is -4.02. The summed E-state index contributed by atoms with van der Waals surface area (Å²) in [7, 11) is 0. The van der Waals surface area contributed by atoms with Crippen LogP contribution in [0.3, 0.4) is 0 Å². The molecule has 4 heteroatoms. The van der Waals surface area contributed by atoms with E-state index in [2.05, 4.69) is 12.2 Å². The maximum absolute atomic E-state index is 11.8. The van der Waals surface area contributed by atoms with Gasteiger partial charge in [-0.15, -0.1) is 0 Å². The Morgan fingerprint density at radius 3 is 1.63 bits per heavy atom. The van der Waals surface area contributed by atoms with E-state index in [9.17, 15) is 13.2 Å². The summed E-state index contributed by atoms with van der Waals surface area (Å²) in [5.74, 6) is 0. The fourth-order valence-corrected chi connectivity index (χ4v) is 2.09. The second-order valence-corrected chi connectivity index (χ2v) is 5.30. The molecule has 0 amide bonds. The normalized spacial score (nSPS) is 12.0. The molecular formula is C15H30F3N. The molecular weight excluding hydrogens is 251 g/mol. The first-order valence-corrected chi connectivity index (χ1v) is 7.83. The number of nitrogens with one attached hydrogen (secondary N) is 1. The van der Waals surface area contributed by atoms with Gasteiger partial charge in [-0.25, -0.2) is 0 Å². The number of hydrogen-bond acceptors (Lipinski definition) is 1. The van der Waals surface area contributed by atoms with Crippen LogP contribution < -0.4 is 5.32 Å². The first kappa shape index (κ1) is 18.8. The molecule has 0 fully saturated rings. The van der Waals surface area contributed by atoms with Gasteiger partial charge in [0.15, 0.2) is 0 Å². The van der Waals surface area contributed by atoms with Crippen molar-refractivity contribution in [2.24, 2.45) is 0 Å². The molecule has 0 atom stereocenters. The van der Waals surface area contributed by atoms with Gasteiger partial charge in [0.2, 0.25) is 0 Å². The standard InChI is InChI=1S/C15H30F3N/c1-2-3-4-5-6-7-8-9-10-11-13-19-14-12-15(16,17)18/h19H,2-14H2,1H3. The molecule has 0 unspecified atom stereocenters. The smallest absolute Gasteiger partial charge is 0.316 e. The van der Waals surface area contributed by atoms with Crippen molar-refractivity contribution in [1.82, 2.24) is 5.32 Å². The number of hydrogen-bond donors (Lipinski definition) is 1. The minimum Gasteiger partial charge on any atom is -0.316 e. The lowest BCUT2D eigenvalue weighted by molar-refractivity contribution is -0.133. The molecule has 0 aromatic carbocycles. The second kappa shape index (κ2) is 12.8. The maximum Gasteiger partial charge on any atom is 0.390 e. The van der Waals surface area contributed by atoms with Crippen LogP contribution >= 0.6 is 0 Å². The van der Waals surface area contributed by atoms with Crippen molar-refractivity contribution in [3.63, 3.8) is 0 Å². The number of rotatable bonds is 13. The van der Waals surface area contributed by atoms with Crippen LogP contribution in [0.5, 0.6) is 0 Å². The Bertz CT molecular complexity index is 181. The zero-order valence-electron chi connectivity index (χ0n) is 12.3. The first-order chi connectivity index (χ1) is 9.06. The molecule has 0 saturated heterocycles. The quantitative estimate of drug-likeness (QED) is 0.443. The van der Waals surface area contributed by atoms with E-state index < -0.39 is 12.6 Å². The van der Waals surface area contributed by atoms with Gasteiger partial charge < -0.3 is 5.32 Å². The molecule has 0 heterocycles. The average Bonchev–Trinajstić information content (AvgIpc) is 2.34. The highest BCUT2D eigenvalue weighted by Crippen LogP contribution is 2.18. The highest BCUT2D eigenvalue weighted by molar-refractivity contribution is 4.55. The number of unbranched alkanes of at least 4 members (excludes halogenated alkanes) is 9. The van der Waals surface area contributed by atoms with Gasteiger partial charge in [-0.3, -0.25) is 0 Å². The Morgan fingerprint density at radius 2 is 1.16 bits per heavy atom. The summed E-state index contributed by atoms with van der Waals surface area (Å²) in [6, 6.07) is 0. The molecule has 0 radical (unpaired) electrons. The van der Waals surface area contributed by atoms with Crippen molar-refractivity contribution in [1.29, 1.82) is 0 Å². The fourth-order valence-electron chi connectivity index (χ4n) is 2.09. The molecule has 0 rings (SSSR count). The summed E-state index contributed by atoms with van der Waals surface area (Å²) in [5, 5.41) is 2.85. The molecule has 1 nitrogen and oxygen atoms in total. The predicted molar refractivity (Wildman–Crippen MR) is 75.4 cm³/mol. The maximum atomic E-state index is 11.8. The lowest BCUT2D eigenvalue weighted by Crippen LogP contribution is -2.22. The minimum absolute atomic E-state index is 0.0565. The van der Waals surface area contributed by atoms with Crippen LogP contribution in [-0.2, 0) is 0 Å². The van der Waals surface area contributed by atoms with Crippen molar-refractivity contribution in [2.45, 2.75) is 83.7 Å². The van der Waals surface area contributed by atoms with Gasteiger partial charge in [0.1, 0.15) is 0 Å². The van der Waals surface area contributed by atoms with Crippen LogP contribution in [0, 0.1) is 0 Å². The van der Waals surface area contributed by atoms with Crippen LogP contribution in [0.15, 0.2) is 0 Å². The van der Waals surface area contributed by atoms with Gasteiger partial charge in [0.25, 0.3) is 0 Å². The second-order valence-electron chi connectivity index (χ2n) is 5.30. The average molecular weight is 281 g/mol. The van der Waals surface area contributed by atoms with Crippen LogP contribution in [0.1, 0.15) is 77.6 Å². The van der Waals surface area contributed by atoms with Crippen molar-refractivity contribution in [2.75, 3.05) is 13.1 Å².